The van der Waals surface area contributed by atoms with Gasteiger partial charge in [-0.05, 0) is 19.1 Å². The quantitative estimate of drug-likeness (QED) is 0.813. The van der Waals surface area contributed by atoms with Crippen LogP contribution in [-0.2, 0) is 0 Å². The zero-order valence-corrected chi connectivity index (χ0v) is 13.1. The van der Waals surface area contributed by atoms with E-state index in [0.29, 0.717) is 16.4 Å². The molecule has 1 aliphatic carbocycles. The van der Waals surface area contributed by atoms with Crippen LogP contribution in [0.15, 0.2) is 0 Å². The Morgan fingerprint density at radius 2 is 2.10 bits per heavy atom. The molecular weight excluding hydrogens is 296 g/mol. The van der Waals surface area contributed by atoms with Crippen LogP contribution < -0.4 is 5.32 Å². The van der Waals surface area contributed by atoms with E-state index in [9.17, 15) is 9.59 Å². The molecule has 1 aromatic heterocycles. The number of carbonyl (C=O) groups is 2. The van der Waals surface area contributed by atoms with Gasteiger partial charge in [0.2, 0.25) is 0 Å². The molecule has 1 aliphatic rings. The standard InChI is InChI=1S/C13H18N2O3S2/c1-7(16)11-10(12(17)18)15-13(20-11)14-8-5-3-4-6-9(8)19-2/h8-9H,3-6H2,1-2H3,(H,14,15)(H,17,18). The maximum Gasteiger partial charge on any atom is 0.356 e. The monoisotopic (exact) mass is 314 g/mol. The Morgan fingerprint density at radius 3 is 2.65 bits per heavy atom. The molecule has 7 heteroatoms. The molecular formula is C13H18N2O3S2. The minimum Gasteiger partial charge on any atom is -0.476 e. The van der Waals surface area contributed by atoms with Crippen molar-refractivity contribution in [2.24, 2.45) is 0 Å². The molecule has 2 rings (SSSR count). The number of anilines is 1. The number of thiazole rings is 1. The van der Waals surface area contributed by atoms with Crippen molar-refractivity contribution in [3.8, 4) is 0 Å². The Hall–Kier alpha value is -1.08. The molecule has 1 fully saturated rings. The van der Waals surface area contributed by atoms with E-state index in [1.54, 1.807) is 0 Å². The zero-order valence-electron chi connectivity index (χ0n) is 11.5. The third-order valence-electron chi connectivity index (χ3n) is 3.46. The summed E-state index contributed by atoms with van der Waals surface area (Å²) in [4.78, 5) is 26.9. The molecule has 0 spiro atoms. The van der Waals surface area contributed by atoms with E-state index in [-0.39, 0.29) is 16.4 Å². The molecule has 0 radical (unpaired) electrons. The number of rotatable bonds is 5. The van der Waals surface area contributed by atoms with Crippen molar-refractivity contribution < 1.29 is 14.7 Å². The predicted molar refractivity (Wildman–Crippen MR) is 82.3 cm³/mol. The second-order valence-corrected chi connectivity index (χ2v) is 6.94. The van der Waals surface area contributed by atoms with Crippen molar-refractivity contribution in [2.75, 3.05) is 11.6 Å². The predicted octanol–water partition coefficient (Wildman–Crippen LogP) is 3.13. The summed E-state index contributed by atoms with van der Waals surface area (Å²) in [6.07, 6.45) is 6.72. The molecule has 1 aromatic rings. The fourth-order valence-electron chi connectivity index (χ4n) is 2.47. The van der Waals surface area contributed by atoms with Gasteiger partial charge in [-0.15, -0.1) is 0 Å². The smallest absolute Gasteiger partial charge is 0.356 e. The lowest BCUT2D eigenvalue weighted by Gasteiger charge is -2.30. The van der Waals surface area contributed by atoms with E-state index < -0.39 is 5.97 Å². The second kappa shape index (κ2) is 6.58. The lowest BCUT2D eigenvalue weighted by atomic mass is 9.95. The van der Waals surface area contributed by atoms with E-state index >= 15 is 0 Å². The molecule has 0 aliphatic heterocycles. The van der Waals surface area contributed by atoms with Gasteiger partial charge in [0.05, 0.1) is 0 Å². The van der Waals surface area contributed by atoms with Gasteiger partial charge in [-0.3, -0.25) is 4.79 Å². The van der Waals surface area contributed by atoms with Gasteiger partial charge < -0.3 is 10.4 Å². The van der Waals surface area contributed by atoms with Crippen molar-refractivity contribution in [2.45, 2.75) is 43.9 Å². The fraction of sp³-hybridized carbons (Fsp3) is 0.615. The van der Waals surface area contributed by atoms with Crippen LogP contribution in [0.25, 0.3) is 0 Å². The first-order chi connectivity index (χ1) is 9.52. The van der Waals surface area contributed by atoms with Gasteiger partial charge >= 0.3 is 5.97 Å². The molecule has 1 saturated carbocycles. The van der Waals surface area contributed by atoms with Crippen LogP contribution in [0.1, 0.15) is 52.8 Å². The molecule has 0 aromatic carbocycles. The first-order valence-corrected chi connectivity index (χ1v) is 8.67. The lowest BCUT2D eigenvalue weighted by molar-refractivity contribution is 0.0687. The van der Waals surface area contributed by atoms with Gasteiger partial charge in [0.15, 0.2) is 16.6 Å². The van der Waals surface area contributed by atoms with Gasteiger partial charge in [0.1, 0.15) is 4.88 Å². The van der Waals surface area contributed by atoms with Crippen molar-refractivity contribution in [1.29, 1.82) is 0 Å². The third kappa shape index (κ3) is 3.32. The molecule has 110 valence electrons. The zero-order chi connectivity index (χ0) is 14.7. The van der Waals surface area contributed by atoms with Crippen LogP contribution in [0.5, 0.6) is 0 Å². The number of aromatic carboxylic acids is 1. The summed E-state index contributed by atoms with van der Waals surface area (Å²) in [7, 11) is 0. The Labute approximate surface area is 126 Å². The third-order valence-corrected chi connectivity index (χ3v) is 5.72. The van der Waals surface area contributed by atoms with Gasteiger partial charge in [0.25, 0.3) is 0 Å². The topological polar surface area (TPSA) is 79.3 Å². The highest BCUT2D eigenvalue weighted by molar-refractivity contribution is 7.99. The molecule has 2 unspecified atom stereocenters. The number of nitrogens with one attached hydrogen (secondary N) is 1. The van der Waals surface area contributed by atoms with Crippen LogP contribution >= 0.6 is 23.1 Å². The number of hydrogen-bond donors (Lipinski definition) is 2. The second-order valence-electron chi connectivity index (χ2n) is 4.87. The van der Waals surface area contributed by atoms with Crippen LogP contribution in [0.2, 0.25) is 0 Å². The van der Waals surface area contributed by atoms with Crippen LogP contribution in [0.4, 0.5) is 5.13 Å². The first kappa shape index (κ1) is 15.3. The number of aromatic nitrogens is 1. The fourth-order valence-corrected chi connectivity index (χ4v) is 4.32. The van der Waals surface area contributed by atoms with Crippen LogP contribution in [0.3, 0.4) is 0 Å². The number of Topliss-reactive ketones (excluding diaryl/α,β-unsaturated/α-hetero) is 1. The van der Waals surface area contributed by atoms with Crippen molar-refractivity contribution in [1.82, 2.24) is 4.98 Å². The number of ketones is 1. The molecule has 0 amide bonds. The summed E-state index contributed by atoms with van der Waals surface area (Å²) in [5.74, 6) is -1.40. The molecule has 1 heterocycles. The summed E-state index contributed by atoms with van der Waals surface area (Å²) in [6, 6.07) is 0.298. The summed E-state index contributed by atoms with van der Waals surface area (Å²) in [5, 5.41) is 13.5. The van der Waals surface area contributed by atoms with Gasteiger partial charge in [0, 0.05) is 18.2 Å². The Balaban J connectivity index is 2.18. The Morgan fingerprint density at radius 1 is 1.40 bits per heavy atom. The molecule has 2 N–H and O–H groups in total. The maximum absolute atomic E-state index is 11.5. The van der Waals surface area contributed by atoms with E-state index in [2.05, 4.69) is 16.6 Å². The SMILES string of the molecule is CSC1CCCCC1Nc1nc(C(=O)O)c(C(C)=O)s1. The van der Waals surface area contributed by atoms with Crippen molar-refractivity contribution >= 4 is 40.0 Å². The number of hydrogen-bond acceptors (Lipinski definition) is 6. The molecule has 0 bridgehead atoms. The average molecular weight is 314 g/mol. The van der Waals surface area contributed by atoms with Crippen LogP contribution in [0, 0.1) is 0 Å². The van der Waals surface area contributed by atoms with Crippen LogP contribution in [-0.4, -0.2) is 39.4 Å². The minimum absolute atomic E-state index is 0.137. The summed E-state index contributed by atoms with van der Waals surface area (Å²) >= 11 is 2.97. The molecule has 0 saturated heterocycles. The maximum atomic E-state index is 11.5. The number of carboxylic acids is 1. The van der Waals surface area contributed by atoms with E-state index in [1.807, 2.05) is 11.8 Å². The number of carbonyl (C=O) groups excluding carboxylic acids is 1. The van der Waals surface area contributed by atoms with Crippen molar-refractivity contribution in [3.63, 3.8) is 0 Å². The highest BCUT2D eigenvalue weighted by atomic mass is 32.2. The van der Waals surface area contributed by atoms with Gasteiger partial charge in [-0.2, -0.15) is 11.8 Å². The highest BCUT2D eigenvalue weighted by Crippen LogP contribution is 2.31. The van der Waals surface area contributed by atoms with Crippen molar-refractivity contribution in [3.05, 3.63) is 10.6 Å². The van der Waals surface area contributed by atoms with Gasteiger partial charge in [-0.1, -0.05) is 24.2 Å². The number of nitrogens with zero attached hydrogens (tertiary/aromatic N) is 1. The minimum atomic E-state index is -1.15. The van der Waals surface area contributed by atoms with E-state index in [1.165, 1.54) is 19.8 Å². The van der Waals surface area contributed by atoms with Gasteiger partial charge in [-0.25, -0.2) is 9.78 Å². The Kier molecular flexibility index (Phi) is 5.04. The molecule has 20 heavy (non-hydrogen) atoms. The lowest BCUT2D eigenvalue weighted by Crippen LogP contribution is -2.34. The average Bonchev–Trinajstić information content (AvgIpc) is 2.84. The highest BCUT2D eigenvalue weighted by Gasteiger charge is 2.27. The van der Waals surface area contributed by atoms with E-state index in [0.717, 1.165) is 24.2 Å². The molecule has 5 nitrogen and oxygen atoms in total. The normalized spacial score (nSPS) is 22.5. The summed E-state index contributed by atoms with van der Waals surface area (Å²) < 4.78 is 0. The molecule has 2 atom stereocenters. The summed E-state index contributed by atoms with van der Waals surface area (Å²) in [5.41, 5.74) is -0.137. The van der Waals surface area contributed by atoms with E-state index in [4.69, 9.17) is 5.11 Å². The number of thioether (sulfide) groups is 1. The Bertz CT molecular complexity index is 484. The summed E-state index contributed by atoms with van der Waals surface area (Å²) in [6.45, 7) is 1.37. The largest absolute Gasteiger partial charge is 0.476 e. The first-order valence-electron chi connectivity index (χ1n) is 6.57. The number of carboxylic acid groups (broad SMARTS) is 1.